The van der Waals surface area contributed by atoms with E-state index < -0.39 is 0 Å². The van der Waals surface area contributed by atoms with Crippen LogP contribution in [-0.4, -0.2) is 78.5 Å². The number of benzene rings is 3. The number of allylic oxidation sites excluding steroid dienone is 2. The average molecular weight is 551 g/mol. The molecule has 1 heterocycles. The van der Waals surface area contributed by atoms with Crippen LogP contribution in [0.15, 0.2) is 103 Å². The summed E-state index contributed by atoms with van der Waals surface area (Å²) in [6.45, 7) is 15.6. The highest BCUT2D eigenvalue weighted by Crippen LogP contribution is 2.25. The summed E-state index contributed by atoms with van der Waals surface area (Å²) in [6.07, 6.45) is 7.40. The molecule has 1 aliphatic carbocycles. The van der Waals surface area contributed by atoms with Gasteiger partial charge in [-0.2, -0.15) is 0 Å². The third-order valence-electron chi connectivity index (χ3n) is 9.06. The van der Waals surface area contributed by atoms with Crippen molar-refractivity contribution in [1.29, 1.82) is 0 Å². The van der Waals surface area contributed by atoms with E-state index in [1.165, 1.54) is 36.1 Å². The molecule has 5 rings (SSSR count). The standard InChI is InChI=1S/C37H50N4/c1-33-13-11-12-20-37(33)32-41-27-25-39(30-35-16-7-3-8-17-35)23-21-38(29-34-14-5-2-6-15-34)22-24-40(26-28-41)31-36-18-9-4-10-19-36/h2-11,13-19,33,37H,12,20-32H2,1H3. The quantitative estimate of drug-likeness (QED) is 0.301. The molecule has 2 unspecified atom stereocenters. The lowest BCUT2D eigenvalue weighted by molar-refractivity contribution is 0.111. The van der Waals surface area contributed by atoms with E-state index in [1.807, 2.05) is 0 Å². The Labute approximate surface area is 249 Å². The first-order valence-corrected chi connectivity index (χ1v) is 15.9. The Kier molecular flexibility index (Phi) is 11.6. The van der Waals surface area contributed by atoms with Crippen molar-refractivity contribution < 1.29 is 0 Å². The van der Waals surface area contributed by atoms with Crippen LogP contribution in [0.4, 0.5) is 0 Å². The summed E-state index contributed by atoms with van der Waals surface area (Å²) >= 11 is 0. The highest BCUT2D eigenvalue weighted by molar-refractivity contribution is 5.16. The maximum Gasteiger partial charge on any atom is 0.0234 e. The predicted octanol–water partition coefficient (Wildman–Crippen LogP) is 6.41. The minimum atomic E-state index is 0.678. The Morgan fingerprint density at radius 3 is 1.24 bits per heavy atom. The Hall–Kier alpha value is -2.76. The molecule has 0 spiro atoms. The van der Waals surface area contributed by atoms with Gasteiger partial charge in [0.05, 0.1) is 0 Å². The molecule has 0 aromatic heterocycles. The van der Waals surface area contributed by atoms with Crippen molar-refractivity contribution in [2.24, 2.45) is 11.8 Å². The molecule has 218 valence electrons. The number of rotatable bonds is 8. The third-order valence-corrected chi connectivity index (χ3v) is 9.06. The molecule has 0 amide bonds. The van der Waals surface area contributed by atoms with E-state index in [-0.39, 0.29) is 0 Å². The van der Waals surface area contributed by atoms with Gasteiger partial charge in [-0.15, -0.1) is 0 Å². The van der Waals surface area contributed by atoms with Crippen LogP contribution in [0.1, 0.15) is 36.5 Å². The van der Waals surface area contributed by atoms with Crippen LogP contribution < -0.4 is 0 Å². The Morgan fingerprint density at radius 1 is 0.512 bits per heavy atom. The lowest BCUT2D eigenvalue weighted by Gasteiger charge is -2.36. The minimum absolute atomic E-state index is 0.678. The zero-order valence-electron chi connectivity index (χ0n) is 25.2. The molecule has 2 atom stereocenters. The molecule has 1 saturated heterocycles. The van der Waals surface area contributed by atoms with Crippen molar-refractivity contribution >= 4 is 0 Å². The van der Waals surface area contributed by atoms with Crippen LogP contribution in [0.25, 0.3) is 0 Å². The molecule has 0 N–H and O–H groups in total. The van der Waals surface area contributed by atoms with E-state index in [1.54, 1.807) is 0 Å². The first-order chi connectivity index (χ1) is 20.2. The number of hydrogen-bond acceptors (Lipinski definition) is 4. The molecule has 4 heteroatoms. The molecule has 4 nitrogen and oxygen atoms in total. The van der Waals surface area contributed by atoms with Gasteiger partial charge in [0.2, 0.25) is 0 Å². The maximum atomic E-state index is 2.79. The fourth-order valence-electron chi connectivity index (χ4n) is 6.39. The molecule has 41 heavy (non-hydrogen) atoms. The summed E-state index contributed by atoms with van der Waals surface area (Å²) in [5.41, 5.74) is 4.24. The van der Waals surface area contributed by atoms with Crippen LogP contribution in [0.2, 0.25) is 0 Å². The van der Waals surface area contributed by atoms with Crippen molar-refractivity contribution in [1.82, 2.24) is 19.6 Å². The van der Waals surface area contributed by atoms with E-state index >= 15 is 0 Å². The Bertz CT molecular complexity index is 1090. The third kappa shape index (κ3) is 9.93. The van der Waals surface area contributed by atoms with Gasteiger partial charge < -0.3 is 4.90 Å². The van der Waals surface area contributed by atoms with Gasteiger partial charge in [-0.05, 0) is 41.4 Å². The van der Waals surface area contributed by atoms with Gasteiger partial charge in [-0.3, -0.25) is 14.7 Å². The van der Waals surface area contributed by atoms with Crippen LogP contribution in [-0.2, 0) is 19.6 Å². The highest BCUT2D eigenvalue weighted by Gasteiger charge is 2.23. The summed E-state index contributed by atoms with van der Waals surface area (Å²) < 4.78 is 0. The largest absolute Gasteiger partial charge is 0.300 e. The topological polar surface area (TPSA) is 13.0 Å². The summed E-state index contributed by atoms with van der Waals surface area (Å²) in [4.78, 5) is 10.9. The molecule has 0 saturated carbocycles. The van der Waals surface area contributed by atoms with Gasteiger partial charge >= 0.3 is 0 Å². The number of nitrogens with zero attached hydrogens (tertiary/aromatic N) is 4. The Morgan fingerprint density at radius 2 is 0.878 bits per heavy atom. The summed E-state index contributed by atoms with van der Waals surface area (Å²) in [5, 5.41) is 0. The van der Waals surface area contributed by atoms with E-state index in [0.29, 0.717) is 5.92 Å². The molecule has 1 fully saturated rings. The Balaban J connectivity index is 1.33. The molecule has 1 aliphatic heterocycles. The van der Waals surface area contributed by atoms with Crippen molar-refractivity contribution in [2.75, 3.05) is 58.9 Å². The highest BCUT2D eigenvalue weighted by atomic mass is 15.3. The van der Waals surface area contributed by atoms with Crippen molar-refractivity contribution in [3.05, 3.63) is 120 Å². The molecular weight excluding hydrogens is 500 g/mol. The van der Waals surface area contributed by atoms with Crippen LogP contribution >= 0.6 is 0 Å². The van der Waals surface area contributed by atoms with Gasteiger partial charge in [-0.25, -0.2) is 0 Å². The first kappa shape index (κ1) is 29.7. The van der Waals surface area contributed by atoms with Crippen molar-refractivity contribution in [3.8, 4) is 0 Å². The van der Waals surface area contributed by atoms with Crippen molar-refractivity contribution in [3.63, 3.8) is 0 Å². The fraction of sp³-hybridized carbons (Fsp3) is 0.459. The lowest BCUT2D eigenvalue weighted by atomic mass is 9.85. The average Bonchev–Trinajstić information content (AvgIpc) is 3.01. The van der Waals surface area contributed by atoms with E-state index in [2.05, 4.69) is 130 Å². The second kappa shape index (κ2) is 16.0. The van der Waals surface area contributed by atoms with E-state index in [0.717, 1.165) is 77.9 Å². The second-order valence-electron chi connectivity index (χ2n) is 12.2. The van der Waals surface area contributed by atoms with Crippen molar-refractivity contribution in [2.45, 2.75) is 39.4 Å². The van der Waals surface area contributed by atoms with Crippen LogP contribution in [0.3, 0.4) is 0 Å². The minimum Gasteiger partial charge on any atom is -0.300 e. The van der Waals surface area contributed by atoms with Gasteiger partial charge in [0.1, 0.15) is 0 Å². The van der Waals surface area contributed by atoms with E-state index in [9.17, 15) is 0 Å². The van der Waals surface area contributed by atoms with Gasteiger partial charge in [0.25, 0.3) is 0 Å². The lowest BCUT2D eigenvalue weighted by Crippen LogP contribution is -2.46. The molecule has 2 aliphatic rings. The molecule has 3 aromatic rings. The monoisotopic (exact) mass is 550 g/mol. The molecule has 0 bridgehead atoms. The smallest absolute Gasteiger partial charge is 0.0234 e. The summed E-state index contributed by atoms with van der Waals surface area (Å²) in [7, 11) is 0. The van der Waals surface area contributed by atoms with Crippen LogP contribution in [0, 0.1) is 11.8 Å². The van der Waals surface area contributed by atoms with Crippen LogP contribution in [0.5, 0.6) is 0 Å². The predicted molar refractivity (Wildman–Crippen MR) is 173 cm³/mol. The summed E-state index contributed by atoms with van der Waals surface area (Å²) in [5.74, 6) is 1.44. The SMILES string of the molecule is CC1C=CCCC1CN1CCN(Cc2ccccc2)CCN(Cc2ccccc2)CCN(Cc2ccccc2)CC1. The fourth-order valence-corrected chi connectivity index (χ4v) is 6.39. The van der Waals surface area contributed by atoms with Gasteiger partial charge in [0.15, 0.2) is 0 Å². The number of hydrogen-bond donors (Lipinski definition) is 0. The van der Waals surface area contributed by atoms with Gasteiger partial charge in [-0.1, -0.05) is 110 Å². The summed E-state index contributed by atoms with van der Waals surface area (Å²) in [6, 6.07) is 33.1. The zero-order chi connectivity index (χ0) is 28.1. The van der Waals surface area contributed by atoms with Gasteiger partial charge in [0, 0.05) is 78.5 Å². The first-order valence-electron chi connectivity index (χ1n) is 15.9. The molecular formula is C37H50N4. The second-order valence-corrected chi connectivity index (χ2v) is 12.2. The normalized spacial score (nSPS) is 22.7. The zero-order valence-corrected chi connectivity index (χ0v) is 25.2. The molecule has 0 radical (unpaired) electrons. The van der Waals surface area contributed by atoms with E-state index in [4.69, 9.17) is 0 Å². The molecule has 3 aromatic carbocycles. The maximum absolute atomic E-state index is 2.79.